The smallest absolute Gasteiger partial charge is 0.254 e. The second-order valence-electron chi connectivity index (χ2n) is 6.33. The summed E-state index contributed by atoms with van der Waals surface area (Å²) in [6, 6.07) is 7.93. The van der Waals surface area contributed by atoms with Crippen molar-refractivity contribution in [3.8, 4) is 11.8 Å². The third-order valence-corrected chi connectivity index (χ3v) is 4.63. The van der Waals surface area contributed by atoms with E-state index in [1.165, 1.54) is 19.2 Å². The van der Waals surface area contributed by atoms with Gasteiger partial charge in [0, 0.05) is 18.2 Å². The van der Waals surface area contributed by atoms with Crippen molar-refractivity contribution in [2.75, 3.05) is 6.54 Å². The second kappa shape index (κ2) is 6.83. The molecular formula is C18H21N5O. The Kier molecular flexibility index (Phi) is 4.61. The average molecular weight is 323 g/mol. The minimum Gasteiger partial charge on any atom is -0.335 e. The van der Waals surface area contributed by atoms with Gasteiger partial charge in [0.05, 0.1) is 18.2 Å². The average Bonchev–Trinajstić information content (AvgIpc) is 3.30. The zero-order valence-electron chi connectivity index (χ0n) is 14.0. The molecule has 1 amide bonds. The first kappa shape index (κ1) is 16.2. The van der Waals surface area contributed by atoms with Crippen molar-refractivity contribution in [1.82, 2.24) is 19.7 Å². The molecule has 1 fully saturated rings. The number of carbonyl (C=O) groups excluding carboxylic acids is 1. The van der Waals surface area contributed by atoms with Crippen molar-refractivity contribution in [3.63, 3.8) is 0 Å². The van der Waals surface area contributed by atoms with Crippen LogP contribution in [0.1, 0.15) is 42.1 Å². The van der Waals surface area contributed by atoms with Crippen LogP contribution < -0.4 is 0 Å². The molecule has 1 heterocycles. The van der Waals surface area contributed by atoms with Crippen molar-refractivity contribution < 1.29 is 4.79 Å². The molecule has 2 aromatic rings. The monoisotopic (exact) mass is 323 g/mol. The number of rotatable bonds is 6. The van der Waals surface area contributed by atoms with E-state index in [1.807, 2.05) is 30.0 Å². The van der Waals surface area contributed by atoms with Gasteiger partial charge in [-0.15, -0.1) is 0 Å². The molecule has 1 aliphatic rings. The van der Waals surface area contributed by atoms with Crippen molar-refractivity contribution in [3.05, 3.63) is 42.0 Å². The maximum Gasteiger partial charge on any atom is 0.254 e. The Hall–Kier alpha value is -2.68. The molecule has 1 atom stereocenters. The number of benzene rings is 1. The molecule has 0 bridgehead atoms. The molecule has 1 saturated carbocycles. The van der Waals surface area contributed by atoms with Crippen molar-refractivity contribution >= 4 is 5.91 Å². The third-order valence-electron chi connectivity index (χ3n) is 4.63. The van der Waals surface area contributed by atoms with Gasteiger partial charge in [0.2, 0.25) is 0 Å². The highest BCUT2D eigenvalue weighted by molar-refractivity contribution is 5.95. The Labute approximate surface area is 141 Å². The van der Waals surface area contributed by atoms with Crippen LogP contribution in [-0.4, -0.2) is 38.2 Å². The first-order valence-electron chi connectivity index (χ1n) is 8.25. The van der Waals surface area contributed by atoms with E-state index in [4.69, 9.17) is 5.26 Å². The lowest BCUT2D eigenvalue weighted by Gasteiger charge is -2.29. The molecule has 0 spiro atoms. The van der Waals surface area contributed by atoms with Gasteiger partial charge in [0.15, 0.2) is 0 Å². The van der Waals surface area contributed by atoms with Crippen molar-refractivity contribution in [2.24, 2.45) is 5.92 Å². The molecule has 1 aliphatic carbocycles. The van der Waals surface area contributed by atoms with Crippen LogP contribution in [-0.2, 0) is 0 Å². The summed E-state index contributed by atoms with van der Waals surface area (Å²) < 4.78 is 1.68. The summed E-state index contributed by atoms with van der Waals surface area (Å²) >= 11 is 0. The van der Waals surface area contributed by atoms with E-state index >= 15 is 0 Å². The van der Waals surface area contributed by atoms with Gasteiger partial charge in [-0.25, -0.2) is 9.67 Å². The fourth-order valence-electron chi connectivity index (χ4n) is 3.04. The molecular weight excluding hydrogens is 302 g/mol. The van der Waals surface area contributed by atoms with Crippen molar-refractivity contribution in [1.29, 1.82) is 5.26 Å². The number of aromatic nitrogens is 3. The van der Waals surface area contributed by atoms with E-state index in [2.05, 4.69) is 23.1 Å². The summed E-state index contributed by atoms with van der Waals surface area (Å²) in [5.74, 6) is 0.570. The zero-order chi connectivity index (χ0) is 17.1. The van der Waals surface area contributed by atoms with Crippen LogP contribution in [0.4, 0.5) is 0 Å². The number of hydrogen-bond acceptors (Lipinski definition) is 4. The lowest BCUT2D eigenvalue weighted by molar-refractivity contribution is 0.0676. The molecule has 1 aromatic heterocycles. The Morgan fingerprint density at radius 2 is 2.29 bits per heavy atom. The summed E-state index contributed by atoms with van der Waals surface area (Å²) in [7, 11) is 0. The van der Waals surface area contributed by atoms with Gasteiger partial charge >= 0.3 is 0 Å². The summed E-state index contributed by atoms with van der Waals surface area (Å²) in [6.45, 7) is 4.53. The lowest BCUT2D eigenvalue weighted by Crippen LogP contribution is -2.40. The zero-order valence-corrected chi connectivity index (χ0v) is 14.0. The quantitative estimate of drug-likeness (QED) is 0.819. The molecule has 1 aromatic carbocycles. The first-order valence-corrected chi connectivity index (χ1v) is 8.25. The Balaban J connectivity index is 1.84. The van der Waals surface area contributed by atoms with Crippen LogP contribution in [0.25, 0.3) is 5.69 Å². The van der Waals surface area contributed by atoms with Crippen LogP contribution in [0.2, 0.25) is 0 Å². The number of carbonyl (C=O) groups is 1. The van der Waals surface area contributed by atoms with E-state index in [0.717, 1.165) is 11.3 Å². The number of amides is 1. The molecule has 3 rings (SSSR count). The summed E-state index contributed by atoms with van der Waals surface area (Å²) in [5, 5.41) is 13.0. The Bertz CT molecular complexity index is 758. The number of hydrogen-bond donors (Lipinski definition) is 0. The molecule has 6 heteroatoms. The van der Waals surface area contributed by atoms with E-state index in [1.54, 1.807) is 11.0 Å². The Morgan fingerprint density at radius 1 is 1.50 bits per heavy atom. The second-order valence-corrected chi connectivity index (χ2v) is 6.33. The first-order chi connectivity index (χ1) is 11.6. The fraction of sp³-hybridized carbons (Fsp3) is 0.444. The van der Waals surface area contributed by atoms with E-state index in [9.17, 15) is 4.79 Å². The Morgan fingerprint density at radius 3 is 2.88 bits per heavy atom. The highest BCUT2D eigenvalue weighted by atomic mass is 16.2. The topological polar surface area (TPSA) is 74.8 Å². The largest absolute Gasteiger partial charge is 0.335 e. The van der Waals surface area contributed by atoms with Gasteiger partial charge in [-0.1, -0.05) is 0 Å². The molecule has 0 radical (unpaired) electrons. The van der Waals surface area contributed by atoms with Crippen LogP contribution >= 0.6 is 0 Å². The molecule has 0 saturated heterocycles. The van der Waals surface area contributed by atoms with Crippen LogP contribution in [0, 0.1) is 24.2 Å². The van der Waals surface area contributed by atoms with Gasteiger partial charge < -0.3 is 4.90 Å². The number of nitrogens with zero attached hydrogens (tertiary/aromatic N) is 5. The normalized spacial score (nSPS) is 14.9. The number of nitriles is 1. The van der Waals surface area contributed by atoms with Gasteiger partial charge in [0.25, 0.3) is 5.91 Å². The molecule has 0 aliphatic heterocycles. The molecule has 0 N–H and O–H groups in total. The minimum atomic E-state index is -0.00195. The van der Waals surface area contributed by atoms with Gasteiger partial charge in [-0.3, -0.25) is 4.79 Å². The predicted octanol–water partition coefficient (Wildman–Crippen LogP) is 2.73. The van der Waals surface area contributed by atoms with Gasteiger partial charge in [0.1, 0.15) is 12.7 Å². The highest BCUT2D eigenvalue weighted by Crippen LogP contribution is 2.35. The molecule has 6 nitrogen and oxygen atoms in total. The van der Waals surface area contributed by atoms with Crippen LogP contribution in [0.3, 0.4) is 0 Å². The minimum absolute atomic E-state index is 0.00195. The summed E-state index contributed by atoms with van der Waals surface area (Å²) in [6.07, 6.45) is 5.82. The highest BCUT2D eigenvalue weighted by Gasteiger charge is 2.34. The summed E-state index contributed by atoms with van der Waals surface area (Å²) in [4.78, 5) is 18.8. The van der Waals surface area contributed by atoms with Crippen LogP contribution in [0.5, 0.6) is 0 Å². The van der Waals surface area contributed by atoms with Crippen LogP contribution in [0.15, 0.2) is 30.9 Å². The van der Waals surface area contributed by atoms with E-state index in [-0.39, 0.29) is 11.9 Å². The fourth-order valence-corrected chi connectivity index (χ4v) is 3.04. The van der Waals surface area contributed by atoms with Gasteiger partial charge in [-0.2, -0.15) is 10.4 Å². The standard InChI is InChI=1S/C18H21N5O/c1-13-10-16(6-7-17(13)23-12-20-11-21-23)18(24)22(9-3-8-19)14(2)15-4-5-15/h6-7,10-12,14-15H,3-5,9H2,1-2H3/t14-/m0/s1. The van der Waals surface area contributed by atoms with Gasteiger partial charge in [-0.05, 0) is 56.4 Å². The summed E-state index contributed by atoms with van der Waals surface area (Å²) in [5.41, 5.74) is 2.52. The van der Waals surface area contributed by atoms with E-state index < -0.39 is 0 Å². The SMILES string of the molecule is Cc1cc(C(=O)N(CCC#N)[C@@H](C)C2CC2)ccc1-n1cncn1. The third kappa shape index (κ3) is 3.30. The maximum absolute atomic E-state index is 13.0. The maximum atomic E-state index is 13.0. The lowest BCUT2D eigenvalue weighted by atomic mass is 10.1. The number of aryl methyl sites for hydroxylation is 1. The van der Waals surface area contributed by atoms with E-state index in [0.29, 0.717) is 24.4 Å². The molecule has 124 valence electrons. The predicted molar refractivity (Wildman–Crippen MR) is 89.5 cm³/mol. The van der Waals surface area contributed by atoms with Crippen molar-refractivity contribution in [2.45, 2.75) is 39.2 Å². The molecule has 0 unspecified atom stereocenters. The molecule has 24 heavy (non-hydrogen) atoms.